The van der Waals surface area contributed by atoms with E-state index in [1.165, 1.54) is 16.7 Å². The van der Waals surface area contributed by atoms with Crippen LogP contribution in [0.4, 0.5) is 14.6 Å². The van der Waals surface area contributed by atoms with Crippen LogP contribution in [0.15, 0.2) is 41.7 Å². The monoisotopic (exact) mass is 647 g/mol. The molecule has 4 heterocycles. The molecule has 0 radical (unpaired) electrons. The van der Waals surface area contributed by atoms with E-state index in [1.54, 1.807) is 11.0 Å². The first-order valence-electron chi connectivity index (χ1n) is 14.4. The first-order valence-corrected chi connectivity index (χ1v) is 16.6. The molecule has 6 rings (SSSR count). The maximum Gasteiger partial charge on any atom is 0.350 e. The van der Waals surface area contributed by atoms with Gasteiger partial charge in [0.05, 0.1) is 28.1 Å². The lowest BCUT2D eigenvalue weighted by molar-refractivity contribution is -0.128. The Balaban J connectivity index is 1.52. The summed E-state index contributed by atoms with van der Waals surface area (Å²) in [7, 11) is -3.11. The standard InChI is InChI=1S/C30H32ClF2N5O5S/c1-4-25(39)36-13-18(3)37(14-17(36)2)29-22-12-23(31)26(21-6-5-19(32)11-24(21)33)28-27(22)38(30(40)34-29)20(16-43-28)15-35-7-9-44(41,42)10-8-35/h4-6,11-12,17-18,20H,1,7-10,13-16H2,2-3H3/t17-,18+,20-/m1/s1. The second kappa shape index (κ2) is 11.4. The van der Waals surface area contributed by atoms with Crippen molar-refractivity contribution in [3.8, 4) is 16.9 Å². The minimum atomic E-state index is -3.11. The molecule has 0 N–H and O–H groups in total. The zero-order chi connectivity index (χ0) is 31.5. The molecule has 44 heavy (non-hydrogen) atoms. The number of carbonyl (C=O) groups is 1. The van der Waals surface area contributed by atoms with E-state index in [0.717, 1.165) is 12.1 Å². The smallest absolute Gasteiger partial charge is 0.350 e. The van der Waals surface area contributed by atoms with E-state index >= 15 is 4.39 Å². The van der Waals surface area contributed by atoms with Crippen molar-refractivity contribution >= 4 is 44.1 Å². The van der Waals surface area contributed by atoms with Crippen LogP contribution in [-0.2, 0) is 14.6 Å². The van der Waals surface area contributed by atoms with Crippen molar-refractivity contribution < 1.29 is 26.7 Å². The van der Waals surface area contributed by atoms with Gasteiger partial charge in [0.15, 0.2) is 15.6 Å². The van der Waals surface area contributed by atoms with Gasteiger partial charge in [0.2, 0.25) is 5.91 Å². The Bertz CT molecular complexity index is 1840. The molecule has 0 bridgehead atoms. The number of aromatic nitrogens is 2. The predicted molar refractivity (Wildman–Crippen MR) is 164 cm³/mol. The molecule has 2 aromatic carbocycles. The Hall–Kier alpha value is -3.55. The quantitative estimate of drug-likeness (QED) is 0.389. The second-order valence-electron chi connectivity index (χ2n) is 11.6. The number of hydrogen-bond donors (Lipinski definition) is 0. The molecular weight excluding hydrogens is 616 g/mol. The second-order valence-corrected chi connectivity index (χ2v) is 14.3. The third-order valence-corrected chi connectivity index (χ3v) is 10.6. The zero-order valence-corrected chi connectivity index (χ0v) is 25.9. The minimum absolute atomic E-state index is 0.0175. The van der Waals surface area contributed by atoms with Crippen LogP contribution >= 0.6 is 11.6 Å². The van der Waals surface area contributed by atoms with Crippen molar-refractivity contribution in [3.05, 3.63) is 64.1 Å². The Morgan fingerprint density at radius 1 is 1.16 bits per heavy atom. The first-order chi connectivity index (χ1) is 20.9. The normalized spacial score (nSPS) is 23.4. The first kappa shape index (κ1) is 30.5. The summed E-state index contributed by atoms with van der Waals surface area (Å²) in [6.45, 7) is 9.18. The molecule has 3 atom stereocenters. The predicted octanol–water partition coefficient (Wildman–Crippen LogP) is 3.27. The fourth-order valence-corrected chi connectivity index (χ4v) is 8.01. The number of nitrogens with zero attached hydrogens (tertiary/aromatic N) is 5. The molecule has 3 aliphatic rings. The van der Waals surface area contributed by atoms with Crippen LogP contribution in [0.1, 0.15) is 19.9 Å². The molecule has 10 nitrogen and oxygen atoms in total. The molecule has 3 aromatic rings. The maximum absolute atomic E-state index is 15.1. The van der Waals surface area contributed by atoms with Crippen LogP contribution in [0.3, 0.4) is 0 Å². The number of anilines is 1. The highest BCUT2D eigenvalue weighted by Crippen LogP contribution is 2.47. The Morgan fingerprint density at radius 2 is 1.89 bits per heavy atom. The van der Waals surface area contributed by atoms with Gasteiger partial charge >= 0.3 is 5.69 Å². The Labute approximate surface area is 258 Å². The molecule has 14 heteroatoms. The van der Waals surface area contributed by atoms with Crippen molar-refractivity contribution in [2.75, 3.05) is 55.7 Å². The number of amides is 1. The summed E-state index contributed by atoms with van der Waals surface area (Å²) in [4.78, 5) is 36.6. The van der Waals surface area contributed by atoms with Gasteiger partial charge in [-0.3, -0.25) is 14.3 Å². The number of halogens is 3. The van der Waals surface area contributed by atoms with E-state index in [1.807, 2.05) is 23.6 Å². The van der Waals surface area contributed by atoms with Crippen molar-refractivity contribution in [2.45, 2.75) is 32.0 Å². The molecule has 3 aliphatic heterocycles. The van der Waals surface area contributed by atoms with E-state index in [4.69, 9.17) is 16.3 Å². The van der Waals surface area contributed by atoms with Crippen LogP contribution in [0.25, 0.3) is 22.0 Å². The Morgan fingerprint density at radius 3 is 2.57 bits per heavy atom. The van der Waals surface area contributed by atoms with Gasteiger partial charge in [-0.1, -0.05) is 18.2 Å². The van der Waals surface area contributed by atoms with E-state index in [2.05, 4.69) is 11.6 Å². The maximum atomic E-state index is 15.1. The lowest BCUT2D eigenvalue weighted by atomic mass is 9.99. The molecule has 0 spiro atoms. The highest BCUT2D eigenvalue weighted by atomic mass is 35.5. The van der Waals surface area contributed by atoms with Crippen LogP contribution in [0, 0.1) is 11.6 Å². The summed E-state index contributed by atoms with van der Waals surface area (Å²) in [5.41, 5.74) is 0.0219. The van der Waals surface area contributed by atoms with Crippen molar-refractivity contribution in [3.63, 3.8) is 0 Å². The molecule has 234 valence electrons. The number of hydrogen-bond acceptors (Lipinski definition) is 8. The third kappa shape index (κ3) is 5.34. The number of carbonyl (C=O) groups excluding carboxylic acids is 1. The number of ether oxygens (including phenoxy) is 1. The van der Waals surface area contributed by atoms with E-state index in [9.17, 15) is 22.4 Å². The van der Waals surface area contributed by atoms with E-state index in [-0.39, 0.29) is 58.0 Å². The van der Waals surface area contributed by atoms with Gasteiger partial charge in [-0.15, -0.1) is 0 Å². The molecule has 2 fully saturated rings. The van der Waals surface area contributed by atoms with Gasteiger partial charge in [0, 0.05) is 67.4 Å². The fourth-order valence-electron chi connectivity index (χ4n) is 6.43. The summed E-state index contributed by atoms with van der Waals surface area (Å²) in [6.07, 6.45) is 1.27. The SMILES string of the molecule is C=CC(=O)N1C[C@H](C)N(c2nc(=O)n3c4c(c(-c5ccc(F)cc5F)c(Cl)cc24)OC[C@H]3CN2CCS(=O)(=O)CC2)C[C@H]1C. The van der Waals surface area contributed by atoms with Crippen molar-refractivity contribution in [1.29, 1.82) is 0 Å². The van der Waals surface area contributed by atoms with Gasteiger partial charge in [-0.05, 0) is 38.1 Å². The Kier molecular flexibility index (Phi) is 7.91. The number of sulfone groups is 1. The van der Waals surface area contributed by atoms with Crippen molar-refractivity contribution in [2.24, 2.45) is 0 Å². The van der Waals surface area contributed by atoms with Crippen LogP contribution in [-0.4, -0.2) is 96.6 Å². The summed E-state index contributed by atoms with van der Waals surface area (Å²) in [6, 6.07) is 3.82. The molecular formula is C30H32ClF2N5O5S. The summed E-state index contributed by atoms with van der Waals surface area (Å²) < 4.78 is 60.8. The third-order valence-electron chi connectivity index (χ3n) is 8.70. The van der Waals surface area contributed by atoms with E-state index in [0.29, 0.717) is 49.4 Å². The molecule has 0 saturated carbocycles. The lowest BCUT2D eigenvalue weighted by Gasteiger charge is -2.45. The fraction of sp³-hybridized carbons (Fsp3) is 0.433. The topological polar surface area (TPSA) is 105 Å². The average Bonchev–Trinajstić information content (AvgIpc) is 2.97. The molecule has 0 aliphatic carbocycles. The molecule has 0 unspecified atom stereocenters. The highest BCUT2D eigenvalue weighted by molar-refractivity contribution is 7.91. The molecule has 1 aromatic heterocycles. The largest absolute Gasteiger partial charge is 0.488 e. The molecule has 1 amide bonds. The van der Waals surface area contributed by atoms with Crippen LogP contribution in [0.5, 0.6) is 5.75 Å². The van der Waals surface area contributed by atoms with Gasteiger partial charge in [-0.2, -0.15) is 4.98 Å². The summed E-state index contributed by atoms with van der Waals surface area (Å²) >= 11 is 6.82. The van der Waals surface area contributed by atoms with Gasteiger partial charge < -0.3 is 14.5 Å². The average molecular weight is 648 g/mol. The summed E-state index contributed by atoms with van der Waals surface area (Å²) in [5.74, 6) is -1.19. The zero-order valence-electron chi connectivity index (χ0n) is 24.3. The van der Waals surface area contributed by atoms with E-state index < -0.39 is 33.2 Å². The summed E-state index contributed by atoms with van der Waals surface area (Å²) in [5, 5.41) is 0.636. The van der Waals surface area contributed by atoms with Crippen LogP contribution in [0.2, 0.25) is 5.02 Å². The number of rotatable bonds is 5. The molecule has 2 saturated heterocycles. The van der Waals surface area contributed by atoms with Crippen LogP contribution < -0.4 is 15.3 Å². The van der Waals surface area contributed by atoms with Gasteiger partial charge in [0.1, 0.15) is 24.1 Å². The number of benzene rings is 2. The highest BCUT2D eigenvalue weighted by Gasteiger charge is 2.37. The number of piperazine rings is 1. The van der Waals surface area contributed by atoms with Crippen molar-refractivity contribution in [1.82, 2.24) is 19.4 Å². The van der Waals surface area contributed by atoms with Gasteiger partial charge in [0.25, 0.3) is 0 Å². The van der Waals surface area contributed by atoms with Gasteiger partial charge in [-0.25, -0.2) is 22.0 Å². The minimum Gasteiger partial charge on any atom is -0.488 e. The lowest BCUT2D eigenvalue weighted by Crippen LogP contribution is -2.58.